The maximum Gasteiger partial charge on any atom is 4.00 e. The maximum atomic E-state index is 3.48. The number of allylic oxidation sites excluding steroid dienone is 16. The molecule has 0 heterocycles. The van der Waals surface area contributed by atoms with Crippen molar-refractivity contribution in [3.05, 3.63) is 166 Å². The average molecular weight is 653 g/mol. The van der Waals surface area contributed by atoms with Crippen molar-refractivity contribution in [2.45, 2.75) is 104 Å². The van der Waals surface area contributed by atoms with E-state index in [-0.39, 0.29) is 21.7 Å². The molecular formula is C46H52Ti. The van der Waals surface area contributed by atoms with Crippen LogP contribution in [-0.4, -0.2) is 0 Å². The van der Waals surface area contributed by atoms with Crippen molar-refractivity contribution in [3.63, 3.8) is 0 Å². The molecule has 0 nitrogen and oxygen atoms in total. The molecule has 2 aromatic carbocycles. The third kappa shape index (κ3) is 11.6. The van der Waals surface area contributed by atoms with E-state index < -0.39 is 0 Å². The molecule has 47 heavy (non-hydrogen) atoms. The summed E-state index contributed by atoms with van der Waals surface area (Å²) >= 11 is 0. The van der Waals surface area contributed by atoms with Gasteiger partial charge in [0.05, 0.1) is 0 Å². The van der Waals surface area contributed by atoms with Gasteiger partial charge >= 0.3 is 21.7 Å². The van der Waals surface area contributed by atoms with Gasteiger partial charge in [0, 0.05) is 0 Å². The molecule has 8 rings (SSSR count). The third-order valence-electron chi connectivity index (χ3n) is 9.84. The first-order valence-electron chi connectivity index (χ1n) is 17.9. The number of hydrogen-bond donors (Lipinski definition) is 0. The Hall–Kier alpha value is -2.93. The Labute approximate surface area is 301 Å². The second-order valence-electron chi connectivity index (χ2n) is 13.3. The summed E-state index contributed by atoms with van der Waals surface area (Å²) in [6.07, 6.45) is 43.8. The van der Waals surface area contributed by atoms with Crippen LogP contribution in [0.1, 0.15) is 101 Å². The van der Waals surface area contributed by atoms with Crippen LogP contribution in [0.25, 0.3) is 0 Å². The first-order chi connectivity index (χ1) is 22.7. The molecule has 0 N–H and O–H groups in total. The SMILES string of the molecule is Cc1cc[c-]cc1.Cc1cc[c-]cc1.[C-]1=C(C2=C(C3CCCCC3)C=CC2)C=CC1.[C-]1=C(C2=C(C3CCCCC3)C=CC2)C=CC1.[Ti+4]. The molecule has 2 aromatic rings. The molecule has 2 saturated carbocycles. The minimum Gasteiger partial charge on any atom is -0.198 e. The summed E-state index contributed by atoms with van der Waals surface area (Å²) in [6.45, 7) is 4.13. The molecule has 0 spiro atoms. The second-order valence-corrected chi connectivity index (χ2v) is 13.3. The summed E-state index contributed by atoms with van der Waals surface area (Å²) in [7, 11) is 0. The number of rotatable bonds is 4. The standard InChI is InChI=1S/2C16H19.2C7H7.Ti/c2*1-2-7-13(8-3-1)15-11-6-12-16(15)14-9-4-5-10-14;2*1-7-5-3-2-4-6-7;/h2*4,6,9,11,13H,1-3,5,7-8,12H2;2*3-6H,1H3;/q4*-1;+4. The Morgan fingerprint density at radius 2 is 0.872 bits per heavy atom. The topological polar surface area (TPSA) is 0 Å². The van der Waals surface area contributed by atoms with E-state index in [2.05, 4.69) is 86.7 Å². The zero-order valence-electron chi connectivity index (χ0n) is 28.8. The Bertz CT molecular complexity index is 1360. The molecule has 6 aliphatic rings. The number of hydrogen-bond acceptors (Lipinski definition) is 0. The summed E-state index contributed by atoms with van der Waals surface area (Å²) < 4.78 is 0. The van der Waals surface area contributed by atoms with Gasteiger partial charge in [0.1, 0.15) is 0 Å². The quantitative estimate of drug-likeness (QED) is 0.228. The van der Waals surface area contributed by atoms with Crippen molar-refractivity contribution < 1.29 is 21.7 Å². The zero-order chi connectivity index (χ0) is 31.8. The fraction of sp³-hybridized carbons (Fsp3) is 0.391. The van der Waals surface area contributed by atoms with E-state index in [1.807, 2.05) is 48.5 Å². The molecule has 0 unspecified atom stereocenters. The van der Waals surface area contributed by atoms with E-state index >= 15 is 0 Å². The zero-order valence-corrected chi connectivity index (χ0v) is 30.4. The second kappa shape index (κ2) is 20.4. The van der Waals surface area contributed by atoms with Crippen LogP contribution in [0.15, 0.2) is 131 Å². The molecule has 6 aliphatic carbocycles. The van der Waals surface area contributed by atoms with Crippen molar-refractivity contribution >= 4 is 0 Å². The summed E-state index contributed by atoms with van der Waals surface area (Å²) in [5, 5.41) is 0. The van der Waals surface area contributed by atoms with Gasteiger partial charge in [-0.25, -0.2) is 0 Å². The van der Waals surface area contributed by atoms with Gasteiger partial charge < -0.3 is 0 Å². The van der Waals surface area contributed by atoms with Crippen LogP contribution < -0.4 is 0 Å². The minimum atomic E-state index is 0. The van der Waals surface area contributed by atoms with Crippen LogP contribution >= 0.6 is 0 Å². The van der Waals surface area contributed by atoms with Crippen molar-refractivity contribution in [1.82, 2.24) is 0 Å². The average Bonchev–Trinajstić information content (AvgIpc) is 3.94. The van der Waals surface area contributed by atoms with Gasteiger partial charge in [-0.2, -0.15) is 107 Å². The van der Waals surface area contributed by atoms with Crippen LogP contribution in [0.5, 0.6) is 0 Å². The molecule has 240 valence electrons. The normalized spacial score (nSPS) is 20.0. The fourth-order valence-electron chi connectivity index (χ4n) is 7.33. The van der Waals surface area contributed by atoms with Gasteiger partial charge in [-0.15, -0.1) is 23.3 Å². The summed E-state index contributed by atoms with van der Waals surface area (Å²) in [5.74, 6) is 1.68. The molecule has 1 heteroatoms. The molecule has 2 fully saturated rings. The number of benzene rings is 2. The number of aryl methyl sites for hydroxylation is 2. The van der Waals surface area contributed by atoms with Crippen LogP contribution in [0.2, 0.25) is 0 Å². The molecule has 0 aromatic heterocycles. The van der Waals surface area contributed by atoms with Crippen molar-refractivity contribution in [2.24, 2.45) is 11.8 Å². The predicted molar refractivity (Wildman–Crippen MR) is 196 cm³/mol. The Kier molecular flexibility index (Phi) is 16.1. The van der Waals surface area contributed by atoms with Crippen LogP contribution in [0.4, 0.5) is 0 Å². The van der Waals surface area contributed by atoms with Gasteiger partial charge in [0.15, 0.2) is 0 Å². The van der Waals surface area contributed by atoms with Gasteiger partial charge in [0.2, 0.25) is 0 Å². The molecular weight excluding hydrogens is 600 g/mol. The first-order valence-corrected chi connectivity index (χ1v) is 17.9. The van der Waals surface area contributed by atoms with Crippen molar-refractivity contribution in [3.8, 4) is 0 Å². The van der Waals surface area contributed by atoms with Gasteiger partial charge in [0.25, 0.3) is 0 Å². The fourth-order valence-corrected chi connectivity index (χ4v) is 7.33. The smallest absolute Gasteiger partial charge is 0.198 e. The van der Waals surface area contributed by atoms with E-state index in [1.165, 1.54) is 86.5 Å². The molecule has 0 aliphatic heterocycles. The summed E-state index contributed by atoms with van der Waals surface area (Å²) in [6, 6.07) is 21.6. The van der Waals surface area contributed by atoms with E-state index in [0.29, 0.717) is 0 Å². The molecule has 0 bridgehead atoms. The van der Waals surface area contributed by atoms with Crippen LogP contribution in [0.3, 0.4) is 0 Å². The minimum absolute atomic E-state index is 0. The largest absolute Gasteiger partial charge is 4.00 e. The molecule has 0 saturated heterocycles. The van der Waals surface area contributed by atoms with E-state index in [4.69, 9.17) is 0 Å². The monoisotopic (exact) mass is 652 g/mol. The van der Waals surface area contributed by atoms with E-state index in [1.54, 1.807) is 22.3 Å². The molecule has 0 atom stereocenters. The van der Waals surface area contributed by atoms with Crippen molar-refractivity contribution in [1.29, 1.82) is 0 Å². The van der Waals surface area contributed by atoms with E-state index in [0.717, 1.165) is 37.5 Å². The van der Waals surface area contributed by atoms with Gasteiger partial charge in [-0.3, -0.25) is 0 Å². The third-order valence-corrected chi connectivity index (χ3v) is 9.84. The van der Waals surface area contributed by atoms with Crippen molar-refractivity contribution in [2.75, 3.05) is 0 Å². The Morgan fingerprint density at radius 3 is 1.17 bits per heavy atom. The van der Waals surface area contributed by atoms with E-state index in [9.17, 15) is 0 Å². The Balaban J connectivity index is 0.000000151. The van der Waals surface area contributed by atoms with Gasteiger partial charge in [-0.05, 0) is 37.5 Å². The maximum absolute atomic E-state index is 3.48. The summed E-state index contributed by atoms with van der Waals surface area (Å²) in [5.41, 5.74) is 11.7. The first kappa shape index (κ1) is 36.9. The Morgan fingerprint density at radius 1 is 0.489 bits per heavy atom. The van der Waals surface area contributed by atoms with Crippen LogP contribution in [0, 0.1) is 50.0 Å². The summed E-state index contributed by atoms with van der Waals surface area (Å²) in [4.78, 5) is 0. The van der Waals surface area contributed by atoms with Crippen LogP contribution in [-0.2, 0) is 21.7 Å². The van der Waals surface area contributed by atoms with Gasteiger partial charge in [-0.1, -0.05) is 114 Å². The predicted octanol–water partition coefficient (Wildman–Crippen LogP) is 12.6. The molecule has 0 radical (unpaired) electrons. The molecule has 0 amide bonds.